The van der Waals surface area contributed by atoms with Crippen molar-refractivity contribution >= 4 is 5.97 Å². The molecule has 15 heavy (non-hydrogen) atoms. The topological polar surface area (TPSA) is 57.5 Å². The van der Waals surface area contributed by atoms with Gasteiger partial charge in [0.1, 0.15) is 0 Å². The summed E-state index contributed by atoms with van der Waals surface area (Å²) in [4.78, 5) is 11.0. The van der Waals surface area contributed by atoms with Crippen LogP contribution in [0.4, 0.5) is 0 Å². The predicted octanol–water partition coefficient (Wildman–Crippen LogP) is 2.02. The molecule has 82 valence electrons. The van der Waals surface area contributed by atoms with E-state index in [-0.39, 0.29) is 6.61 Å². The van der Waals surface area contributed by atoms with Gasteiger partial charge in [0, 0.05) is 6.61 Å². The lowest BCUT2D eigenvalue weighted by atomic mass is 9.94. The summed E-state index contributed by atoms with van der Waals surface area (Å²) in [6.45, 7) is 0.126. The molecule has 0 aliphatic heterocycles. The minimum Gasteiger partial charge on any atom is -0.481 e. The molecule has 0 aliphatic carbocycles. The maximum atomic E-state index is 11.0. The molecule has 0 radical (unpaired) electrons. The zero-order chi connectivity index (χ0) is 11.1. The Labute approximate surface area is 89.4 Å². The zero-order valence-electron chi connectivity index (χ0n) is 8.60. The Morgan fingerprint density at radius 3 is 2.40 bits per heavy atom. The van der Waals surface area contributed by atoms with Crippen LogP contribution in [-0.4, -0.2) is 22.8 Å². The number of hydrogen-bond donors (Lipinski definition) is 2. The highest BCUT2D eigenvalue weighted by Crippen LogP contribution is 2.21. The van der Waals surface area contributed by atoms with Crippen molar-refractivity contribution in [3.63, 3.8) is 0 Å². The maximum absolute atomic E-state index is 11.0. The Kier molecular flexibility index (Phi) is 4.84. The summed E-state index contributed by atoms with van der Waals surface area (Å²) in [5.41, 5.74) is 0.836. The lowest BCUT2D eigenvalue weighted by Gasteiger charge is -2.11. The van der Waals surface area contributed by atoms with Crippen LogP contribution in [0.15, 0.2) is 30.3 Å². The lowest BCUT2D eigenvalue weighted by Crippen LogP contribution is -2.11. The molecule has 1 atom stereocenters. The Morgan fingerprint density at radius 2 is 1.87 bits per heavy atom. The molecule has 0 amide bonds. The van der Waals surface area contributed by atoms with Gasteiger partial charge in [0.25, 0.3) is 0 Å². The fourth-order valence-electron chi connectivity index (χ4n) is 1.58. The van der Waals surface area contributed by atoms with Gasteiger partial charge in [-0.15, -0.1) is 0 Å². The van der Waals surface area contributed by atoms with Gasteiger partial charge in [-0.3, -0.25) is 4.79 Å². The number of carboxylic acid groups (broad SMARTS) is 1. The normalized spacial score (nSPS) is 12.3. The molecule has 0 spiro atoms. The number of benzene rings is 1. The van der Waals surface area contributed by atoms with Crippen molar-refractivity contribution in [3.05, 3.63) is 35.9 Å². The molecule has 0 aliphatic rings. The zero-order valence-corrected chi connectivity index (χ0v) is 8.60. The highest BCUT2D eigenvalue weighted by Gasteiger charge is 2.18. The molecule has 1 aromatic carbocycles. The third-order valence-electron chi connectivity index (χ3n) is 2.40. The summed E-state index contributed by atoms with van der Waals surface area (Å²) >= 11 is 0. The summed E-state index contributed by atoms with van der Waals surface area (Å²) in [7, 11) is 0. The maximum Gasteiger partial charge on any atom is 0.310 e. The number of carboxylic acids is 1. The minimum atomic E-state index is -0.792. The molecule has 1 rings (SSSR count). The molecule has 3 heteroatoms. The summed E-state index contributed by atoms with van der Waals surface area (Å²) in [5, 5.41) is 17.7. The van der Waals surface area contributed by atoms with Crippen LogP contribution in [-0.2, 0) is 4.79 Å². The van der Waals surface area contributed by atoms with Crippen LogP contribution in [0.1, 0.15) is 30.7 Å². The summed E-state index contributed by atoms with van der Waals surface area (Å²) in [6, 6.07) is 9.22. The molecule has 0 saturated heterocycles. The van der Waals surface area contributed by atoms with Crippen LogP contribution in [0, 0.1) is 0 Å². The van der Waals surface area contributed by atoms with Gasteiger partial charge >= 0.3 is 5.97 Å². The Hall–Kier alpha value is -1.35. The van der Waals surface area contributed by atoms with Crippen molar-refractivity contribution in [1.29, 1.82) is 0 Å². The number of aliphatic hydroxyl groups is 1. The van der Waals surface area contributed by atoms with Crippen LogP contribution in [0.25, 0.3) is 0 Å². The first-order valence-electron chi connectivity index (χ1n) is 5.14. The number of aliphatic carboxylic acids is 1. The molecule has 0 bridgehead atoms. The smallest absolute Gasteiger partial charge is 0.310 e. The molecule has 0 aromatic heterocycles. The summed E-state index contributed by atoms with van der Waals surface area (Å²) in [5.74, 6) is -1.24. The number of aliphatic hydroxyl groups excluding tert-OH is 1. The average molecular weight is 208 g/mol. The van der Waals surface area contributed by atoms with E-state index >= 15 is 0 Å². The molecule has 0 fully saturated rings. The quantitative estimate of drug-likeness (QED) is 0.703. The lowest BCUT2D eigenvalue weighted by molar-refractivity contribution is -0.139. The van der Waals surface area contributed by atoms with Gasteiger partial charge in [-0.25, -0.2) is 0 Å². The second-order valence-corrected chi connectivity index (χ2v) is 3.52. The monoisotopic (exact) mass is 208 g/mol. The first-order valence-corrected chi connectivity index (χ1v) is 5.14. The van der Waals surface area contributed by atoms with Crippen molar-refractivity contribution in [3.8, 4) is 0 Å². The van der Waals surface area contributed by atoms with Crippen molar-refractivity contribution in [1.82, 2.24) is 0 Å². The van der Waals surface area contributed by atoms with Crippen LogP contribution < -0.4 is 0 Å². The molecule has 0 saturated carbocycles. The molecule has 2 N–H and O–H groups in total. The molecule has 1 aromatic rings. The van der Waals surface area contributed by atoms with Gasteiger partial charge in [-0.1, -0.05) is 30.3 Å². The number of rotatable bonds is 6. The Bertz CT molecular complexity index is 295. The highest BCUT2D eigenvalue weighted by molar-refractivity contribution is 5.75. The Balaban J connectivity index is 2.62. The van der Waals surface area contributed by atoms with E-state index < -0.39 is 11.9 Å². The number of unbranched alkanes of at least 4 members (excludes halogenated alkanes) is 1. The van der Waals surface area contributed by atoms with Gasteiger partial charge in [-0.05, 0) is 24.8 Å². The molecule has 3 nitrogen and oxygen atoms in total. The number of hydrogen-bond acceptors (Lipinski definition) is 2. The van der Waals surface area contributed by atoms with E-state index in [4.69, 9.17) is 10.2 Å². The fourth-order valence-corrected chi connectivity index (χ4v) is 1.58. The van der Waals surface area contributed by atoms with Gasteiger partial charge in [-0.2, -0.15) is 0 Å². The second-order valence-electron chi connectivity index (χ2n) is 3.52. The summed E-state index contributed by atoms with van der Waals surface area (Å²) < 4.78 is 0. The third kappa shape index (κ3) is 3.72. The SMILES string of the molecule is O=C(O)C(CCCCO)c1ccccc1. The third-order valence-corrected chi connectivity index (χ3v) is 2.40. The van der Waals surface area contributed by atoms with Crippen molar-refractivity contribution < 1.29 is 15.0 Å². The molecule has 1 unspecified atom stereocenters. The molecular formula is C12H16O3. The fraction of sp³-hybridized carbons (Fsp3) is 0.417. The van der Waals surface area contributed by atoms with Crippen molar-refractivity contribution in [2.45, 2.75) is 25.2 Å². The minimum absolute atomic E-state index is 0.126. The second kappa shape index (κ2) is 6.19. The van der Waals surface area contributed by atoms with Crippen LogP contribution in [0.3, 0.4) is 0 Å². The van der Waals surface area contributed by atoms with Gasteiger partial charge in [0.2, 0.25) is 0 Å². The predicted molar refractivity (Wildman–Crippen MR) is 57.8 cm³/mol. The van der Waals surface area contributed by atoms with E-state index in [1.807, 2.05) is 30.3 Å². The van der Waals surface area contributed by atoms with Gasteiger partial charge in [0.05, 0.1) is 5.92 Å². The first-order chi connectivity index (χ1) is 7.25. The molecule has 0 heterocycles. The van der Waals surface area contributed by atoms with E-state index in [2.05, 4.69) is 0 Å². The largest absolute Gasteiger partial charge is 0.481 e. The van der Waals surface area contributed by atoms with E-state index in [0.29, 0.717) is 12.8 Å². The van der Waals surface area contributed by atoms with Crippen molar-refractivity contribution in [2.24, 2.45) is 0 Å². The van der Waals surface area contributed by atoms with Crippen LogP contribution >= 0.6 is 0 Å². The van der Waals surface area contributed by atoms with E-state index in [1.165, 1.54) is 0 Å². The number of carbonyl (C=O) groups is 1. The highest BCUT2D eigenvalue weighted by atomic mass is 16.4. The van der Waals surface area contributed by atoms with E-state index in [0.717, 1.165) is 12.0 Å². The standard InChI is InChI=1S/C12H16O3/c13-9-5-4-8-11(12(14)15)10-6-2-1-3-7-10/h1-3,6-7,11,13H,4-5,8-9H2,(H,14,15). The average Bonchev–Trinajstić information content (AvgIpc) is 2.25. The Morgan fingerprint density at radius 1 is 1.20 bits per heavy atom. The van der Waals surface area contributed by atoms with Crippen LogP contribution in [0.2, 0.25) is 0 Å². The molecular weight excluding hydrogens is 192 g/mol. The summed E-state index contributed by atoms with van der Waals surface area (Å²) in [6.07, 6.45) is 1.99. The first kappa shape index (κ1) is 11.7. The van der Waals surface area contributed by atoms with Gasteiger partial charge in [0.15, 0.2) is 0 Å². The van der Waals surface area contributed by atoms with E-state index in [1.54, 1.807) is 0 Å². The van der Waals surface area contributed by atoms with Gasteiger partial charge < -0.3 is 10.2 Å². The van der Waals surface area contributed by atoms with Crippen molar-refractivity contribution in [2.75, 3.05) is 6.61 Å². The van der Waals surface area contributed by atoms with Crippen LogP contribution in [0.5, 0.6) is 0 Å². The van der Waals surface area contributed by atoms with E-state index in [9.17, 15) is 4.79 Å².